The number of imidazole rings is 1. The Morgan fingerprint density at radius 3 is 2.12 bits per heavy atom. The molecule has 1 rings (SSSR count). The van der Waals surface area contributed by atoms with Crippen LogP contribution < -0.4 is 4.57 Å². The van der Waals surface area contributed by atoms with Crippen LogP contribution in [0.15, 0.2) is 18.7 Å². The molecule has 2 nitrogen and oxygen atoms in total. The Bertz CT molecular complexity index is 259. The first kappa shape index (κ1) is 15.0. The topological polar surface area (TPSA) is 8.81 Å². The lowest BCUT2D eigenvalue weighted by Crippen LogP contribution is -2.30. The first-order chi connectivity index (χ1) is 7.36. The number of aromatic nitrogens is 2. The molecule has 1 heterocycles. The van der Waals surface area contributed by atoms with Gasteiger partial charge in [0.2, 0.25) is 6.33 Å². The van der Waals surface area contributed by atoms with Crippen LogP contribution in [-0.4, -0.2) is 11.8 Å². The molecule has 0 amide bonds. The highest BCUT2D eigenvalue weighted by Gasteiger charge is 2.20. The molecule has 1 aromatic rings. The van der Waals surface area contributed by atoms with E-state index in [9.17, 15) is 17.3 Å². The number of hydrogen-bond donors (Lipinski definition) is 0. The first-order valence-electron chi connectivity index (χ1n) is 5.29. The summed E-state index contributed by atoms with van der Waals surface area (Å²) in [6.45, 7) is 6.67. The van der Waals surface area contributed by atoms with Crippen molar-refractivity contribution in [3.8, 4) is 0 Å². The Balaban J connectivity index is 0.000000385. The van der Waals surface area contributed by atoms with Crippen molar-refractivity contribution >= 4 is 7.25 Å². The lowest BCUT2D eigenvalue weighted by molar-refractivity contribution is -0.696. The minimum absolute atomic E-state index is 1.14. The second kappa shape index (κ2) is 7.30. The van der Waals surface area contributed by atoms with Crippen molar-refractivity contribution in [3.63, 3.8) is 0 Å². The molecule has 0 aliphatic rings. The summed E-state index contributed by atoms with van der Waals surface area (Å²) in [6, 6.07) is 0. The fraction of sp³-hybridized carbons (Fsp3) is 0.667. The van der Waals surface area contributed by atoms with Gasteiger partial charge in [-0.05, 0) is 12.8 Å². The van der Waals surface area contributed by atoms with Gasteiger partial charge in [-0.15, -0.1) is 0 Å². The highest BCUT2D eigenvalue weighted by atomic mass is 19.5. The number of nitrogens with zero attached hydrogens (tertiary/aromatic N) is 2. The molecule has 1 aromatic heterocycles. The number of halogens is 4. The van der Waals surface area contributed by atoms with E-state index < -0.39 is 7.25 Å². The fourth-order valence-electron chi connectivity index (χ4n) is 1.22. The van der Waals surface area contributed by atoms with E-state index in [-0.39, 0.29) is 0 Å². The van der Waals surface area contributed by atoms with Crippen LogP contribution in [-0.2, 0) is 13.1 Å². The normalized spacial score (nSPS) is 10.9. The monoisotopic (exact) mass is 240 g/mol. The fourth-order valence-corrected chi connectivity index (χ4v) is 1.22. The first-order valence-corrected chi connectivity index (χ1v) is 5.29. The predicted molar refractivity (Wildman–Crippen MR) is 55.4 cm³/mol. The summed E-state index contributed by atoms with van der Waals surface area (Å²) >= 11 is 0. The van der Waals surface area contributed by atoms with Gasteiger partial charge in [0.1, 0.15) is 12.4 Å². The second-order valence-corrected chi connectivity index (χ2v) is 3.38. The smallest absolute Gasteiger partial charge is 0.418 e. The molecular weight excluding hydrogens is 223 g/mol. The molecule has 0 fully saturated rings. The lowest BCUT2D eigenvalue weighted by atomic mass is 10.3. The van der Waals surface area contributed by atoms with Crippen molar-refractivity contribution < 1.29 is 21.8 Å². The van der Waals surface area contributed by atoms with Gasteiger partial charge in [-0.3, -0.25) is 0 Å². The molecular formula is C9H17BF4N2. The summed E-state index contributed by atoms with van der Waals surface area (Å²) in [7, 11) is -6.00. The van der Waals surface area contributed by atoms with E-state index in [0.717, 1.165) is 13.1 Å². The number of hydrogen-bond acceptors (Lipinski definition) is 0. The van der Waals surface area contributed by atoms with Crippen LogP contribution in [0.4, 0.5) is 17.3 Å². The Hall–Kier alpha value is -1.01. The maximum Gasteiger partial charge on any atom is 0.673 e. The minimum Gasteiger partial charge on any atom is -0.418 e. The van der Waals surface area contributed by atoms with Gasteiger partial charge < -0.3 is 17.3 Å². The van der Waals surface area contributed by atoms with Gasteiger partial charge in [-0.1, -0.05) is 13.8 Å². The lowest BCUT2D eigenvalue weighted by Gasteiger charge is -1.94. The van der Waals surface area contributed by atoms with Crippen LogP contribution in [0.1, 0.15) is 26.7 Å². The number of aryl methyl sites for hydroxylation is 2. The molecule has 0 bridgehead atoms. The highest BCUT2D eigenvalue weighted by molar-refractivity contribution is 6.50. The SMILES string of the molecule is CCCn1cc[n+](CCC)c1.F[B-](F)(F)F. The Morgan fingerprint density at radius 1 is 1.12 bits per heavy atom. The summed E-state index contributed by atoms with van der Waals surface area (Å²) in [5.41, 5.74) is 0. The maximum atomic E-state index is 9.75. The summed E-state index contributed by atoms with van der Waals surface area (Å²) in [5, 5.41) is 0. The van der Waals surface area contributed by atoms with Crippen LogP contribution in [0.25, 0.3) is 0 Å². The molecule has 0 atom stereocenters. The van der Waals surface area contributed by atoms with Gasteiger partial charge in [-0.2, -0.15) is 0 Å². The molecule has 0 aliphatic carbocycles. The number of rotatable bonds is 4. The Kier molecular flexibility index (Phi) is 6.84. The molecule has 0 spiro atoms. The van der Waals surface area contributed by atoms with Crippen LogP contribution in [0.2, 0.25) is 0 Å². The highest BCUT2D eigenvalue weighted by Crippen LogP contribution is 2.06. The standard InChI is InChI=1S/C9H17N2.BF4/c1-3-5-10-7-8-11(9-10)6-4-2;2-1(3,4)5/h7-9H,3-6H2,1-2H3;/q+1;-1. The molecule has 0 saturated carbocycles. The molecule has 0 aromatic carbocycles. The zero-order chi connectivity index (χ0) is 12.6. The van der Waals surface area contributed by atoms with Crippen molar-refractivity contribution in [1.29, 1.82) is 0 Å². The zero-order valence-electron chi connectivity index (χ0n) is 9.54. The van der Waals surface area contributed by atoms with Crippen molar-refractivity contribution in [2.75, 3.05) is 0 Å². The van der Waals surface area contributed by atoms with E-state index in [1.165, 1.54) is 12.8 Å². The summed E-state index contributed by atoms with van der Waals surface area (Å²) in [6.07, 6.45) is 8.87. The average Bonchev–Trinajstić information content (AvgIpc) is 2.51. The van der Waals surface area contributed by atoms with E-state index in [0.29, 0.717) is 0 Å². The Morgan fingerprint density at radius 2 is 1.69 bits per heavy atom. The van der Waals surface area contributed by atoms with Gasteiger partial charge in [0.15, 0.2) is 0 Å². The molecule has 0 radical (unpaired) electrons. The van der Waals surface area contributed by atoms with Gasteiger partial charge in [0.25, 0.3) is 0 Å². The van der Waals surface area contributed by atoms with E-state index in [4.69, 9.17) is 0 Å². The largest absolute Gasteiger partial charge is 0.673 e. The van der Waals surface area contributed by atoms with Gasteiger partial charge in [-0.25, -0.2) is 9.13 Å². The van der Waals surface area contributed by atoms with Crippen LogP contribution in [0.3, 0.4) is 0 Å². The van der Waals surface area contributed by atoms with Crippen molar-refractivity contribution in [2.24, 2.45) is 0 Å². The summed E-state index contributed by atoms with van der Waals surface area (Å²) < 4.78 is 43.5. The molecule has 0 saturated heterocycles. The average molecular weight is 240 g/mol. The van der Waals surface area contributed by atoms with Crippen molar-refractivity contribution in [1.82, 2.24) is 4.57 Å². The third-order valence-corrected chi connectivity index (χ3v) is 1.71. The third-order valence-electron chi connectivity index (χ3n) is 1.71. The van der Waals surface area contributed by atoms with E-state index >= 15 is 0 Å². The minimum atomic E-state index is -6.00. The molecule has 0 unspecified atom stereocenters. The summed E-state index contributed by atoms with van der Waals surface area (Å²) in [4.78, 5) is 0. The van der Waals surface area contributed by atoms with E-state index in [2.05, 4.69) is 41.7 Å². The van der Waals surface area contributed by atoms with Crippen molar-refractivity contribution in [3.05, 3.63) is 18.7 Å². The molecule has 7 heteroatoms. The van der Waals surface area contributed by atoms with Crippen LogP contribution in [0, 0.1) is 0 Å². The zero-order valence-corrected chi connectivity index (χ0v) is 9.54. The molecule has 94 valence electrons. The van der Waals surface area contributed by atoms with Crippen LogP contribution >= 0.6 is 0 Å². The Labute approximate surface area is 93.0 Å². The van der Waals surface area contributed by atoms with Gasteiger partial charge in [0, 0.05) is 0 Å². The van der Waals surface area contributed by atoms with Crippen LogP contribution in [0.5, 0.6) is 0 Å². The van der Waals surface area contributed by atoms with E-state index in [1.807, 2.05) is 0 Å². The second-order valence-electron chi connectivity index (χ2n) is 3.38. The van der Waals surface area contributed by atoms with Gasteiger partial charge >= 0.3 is 7.25 Å². The molecule has 0 aliphatic heterocycles. The quantitative estimate of drug-likeness (QED) is 0.434. The van der Waals surface area contributed by atoms with Crippen molar-refractivity contribution in [2.45, 2.75) is 39.8 Å². The molecule has 0 N–H and O–H groups in total. The maximum absolute atomic E-state index is 9.75. The summed E-state index contributed by atoms with van der Waals surface area (Å²) in [5.74, 6) is 0. The third kappa shape index (κ3) is 9.55. The predicted octanol–water partition coefficient (Wildman–Crippen LogP) is 2.90. The van der Waals surface area contributed by atoms with E-state index in [1.54, 1.807) is 0 Å². The van der Waals surface area contributed by atoms with Gasteiger partial charge in [0.05, 0.1) is 13.1 Å². The molecule has 16 heavy (non-hydrogen) atoms.